The Labute approximate surface area is 162 Å². The van der Waals surface area contributed by atoms with Crippen LogP contribution in [0.4, 0.5) is 0 Å². The van der Waals surface area contributed by atoms with Gasteiger partial charge < -0.3 is 9.47 Å². The molecule has 26 heavy (non-hydrogen) atoms. The van der Waals surface area contributed by atoms with Gasteiger partial charge >= 0.3 is 0 Å². The molecule has 3 nitrogen and oxygen atoms in total. The van der Waals surface area contributed by atoms with Gasteiger partial charge in [-0.3, -0.25) is 0 Å². The van der Waals surface area contributed by atoms with Gasteiger partial charge in [-0.25, -0.2) is 4.31 Å². The van der Waals surface area contributed by atoms with Crippen LogP contribution in [0.25, 0.3) is 0 Å². The van der Waals surface area contributed by atoms with E-state index in [-0.39, 0.29) is 4.75 Å². The first-order valence-corrected chi connectivity index (χ1v) is 9.54. The summed E-state index contributed by atoms with van der Waals surface area (Å²) in [5, 5.41) is 0. The number of hydrogen-bond acceptors (Lipinski definition) is 4. The Balaban J connectivity index is 2.14. The average molecular weight is 372 g/mol. The van der Waals surface area contributed by atoms with Crippen LogP contribution in [0.15, 0.2) is 61.2 Å². The normalized spacial score (nSPS) is 11.4. The van der Waals surface area contributed by atoms with E-state index in [1.165, 1.54) is 11.1 Å². The third-order valence-electron chi connectivity index (χ3n) is 4.05. The largest absolute Gasteiger partial charge is 0.497 e. The molecular formula is C22H29NO2S. The van der Waals surface area contributed by atoms with E-state index in [4.69, 9.17) is 9.47 Å². The molecular weight excluding hydrogens is 342 g/mol. The summed E-state index contributed by atoms with van der Waals surface area (Å²) in [6, 6.07) is 16.6. The van der Waals surface area contributed by atoms with E-state index in [2.05, 4.69) is 49.0 Å². The number of rotatable bonds is 10. The van der Waals surface area contributed by atoms with Crippen molar-refractivity contribution >= 4 is 11.9 Å². The van der Waals surface area contributed by atoms with Crippen LogP contribution < -0.4 is 9.47 Å². The summed E-state index contributed by atoms with van der Waals surface area (Å²) < 4.78 is 13.0. The van der Waals surface area contributed by atoms with Gasteiger partial charge in [-0.1, -0.05) is 42.3 Å². The van der Waals surface area contributed by atoms with Gasteiger partial charge in [0.1, 0.15) is 11.5 Å². The molecule has 0 saturated heterocycles. The monoisotopic (exact) mass is 371 g/mol. The first-order chi connectivity index (χ1) is 12.5. The van der Waals surface area contributed by atoms with Crippen molar-refractivity contribution in [2.75, 3.05) is 14.2 Å². The molecule has 0 N–H and O–H groups in total. The van der Waals surface area contributed by atoms with Crippen molar-refractivity contribution in [2.24, 2.45) is 0 Å². The van der Waals surface area contributed by atoms with Crippen LogP contribution in [-0.2, 0) is 13.1 Å². The maximum atomic E-state index is 5.26. The Bertz CT molecular complexity index is 631. The lowest BCUT2D eigenvalue weighted by Gasteiger charge is -2.31. The fourth-order valence-corrected chi connectivity index (χ4v) is 4.04. The number of allylic oxidation sites excluding steroid dienone is 1. The number of benzene rings is 2. The molecule has 2 aromatic rings. The van der Waals surface area contributed by atoms with Gasteiger partial charge in [-0.15, -0.1) is 6.58 Å². The minimum absolute atomic E-state index is 0.0979. The summed E-state index contributed by atoms with van der Waals surface area (Å²) in [4.78, 5) is 0. The highest BCUT2D eigenvalue weighted by Gasteiger charge is 2.22. The Morgan fingerprint density at radius 3 is 1.65 bits per heavy atom. The molecule has 140 valence electrons. The zero-order chi connectivity index (χ0) is 19.0. The Morgan fingerprint density at radius 2 is 1.31 bits per heavy atom. The number of nitrogens with zero attached hydrogens (tertiary/aromatic N) is 1. The standard InChI is InChI=1S/C22H29NO2S/c1-6-15-22(2,3)26-23(16-18-7-11-20(24-4)12-8-18)17-19-9-13-21(25-5)14-10-19/h6-14H,1,15-17H2,2-5H3. The van der Waals surface area contributed by atoms with Gasteiger partial charge in [0.2, 0.25) is 0 Å². The van der Waals surface area contributed by atoms with Gasteiger partial charge in [-0.2, -0.15) is 0 Å². The molecule has 0 saturated carbocycles. The zero-order valence-electron chi connectivity index (χ0n) is 16.2. The van der Waals surface area contributed by atoms with E-state index >= 15 is 0 Å². The minimum Gasteiger partial charge on any atom is -0.497 e. The third-order valence-corrected chi connectivity index (χ3v) is 5.23. The topological polar surface area (TPSA) is 21.7 Å². The molecule has 2 rings (SSSR count). The lowest BCUT2D eigenvalue weighted by molar-refractivity contribution is 0.412. The molecule has 2 aromatic carbocycles. The maximum absolute atomic E-state index is 5.26. The van der Waals surface area contributed by atoms with Crippen LogP contribution in [0, 0.1) is 0 Å². The van der Waals surface area contributed by atoms with E-state index < -0.39 is 0 Å². The lowest BCUT2D eigenvalue weighted by Crippen LogP contribution is -2.25. The second-order valence-corrected chi connectivity index (χ2v) is 8.64. The van der Waals surface area contributed by atoms with Gasteiger partial charge in [0, 0.05) is 17.8 Å². The Morgan fingerprint density at radius 1 is 0.885 bits per heavy atom. The van der Waals surface area contributed by atoms with E-state index in [0.717, 1.165) is 31.0 Å². The molecule has 0 heterocycles. The fourth-order valence-electron chi connectivity index (χ4n) is 2.72. The van der Waals surface area contributed by atoms with Gasteiger partial charge in [0.25, 0.3) is 0 Å². The third kappa shape index (κ3) is 6.43. The molecule has 0 atom stereocenters. The number of methoxy groups -OCH3 is 2. The summed E-state index contributed by atoms with van der Waals surface area (Å²) in [7, 11) is 3.39. The van der Waals surface area contributed by atoms with Crippen molar-refractivity contribution in [3.05, 3.63) is 72.3 Å². The highest BCUT2D eigenvalue weighted by atomic mass is 32.2. The average Bonchev–Trinajstić information content (AvgIpc) is 2.62. The second-order valence-electron chi connectivity index (χ2n) is 6.84. The minimum atomic E-state index is 0.0979. The van der Waals surface area contributed by atoms with Gasteiger partial charge in [0.15, 0.2) is 0 Å². The first-order valence-electron chi connectivity index (χ1n) is 8.76. The van der Waals surface area contributed by atoms with Crippen molar-refractivity contribution < 1.29 is 9.47 Å². The predicted octanol–water partition coefficient (Wildman–Crippen LogP) is 5.71. The van der Waals surface area contributed by atoms with Crippen LogP contribution in [0.3, 0.4) is 0 Å². The zero-order valence-corrected chi connectivity index (χ0v) is 17.0. The number of ether oxygens (including phenoxy) is 2. The fraction of sp³-hybridized carbons (Fsp3) is 0.364. The molecule has 0 radical (unpaired) electrons. The van der Waals surface area contributed by atoms with Crippen LogP contribution >= 0.6 is 11.9 Å². The molecule has 4 heteroatoms. The summed E-state index contributed by atoms with van der Waals surface area (Å²) in [6.07, 6.45) is 2.95. The van der Waals surface area contributed by atoms with Crippen LogP contribution in [0.5, 0.6) is 11.5 Å². The summed E-state index contributed by atoms with van der Waals surface area (Å²) in [6.45, 7) is 10.1. The molecule has 0 bridgehead atoms. The molecule has 0 amide bonds. The van der Waals surface area contributed by atoms with Crippen molar-refractivity contribution in [1.82, 2.24) is 4.31 Å². The van der Waals surface area contributed by atoms with Crippen LogP contribution in [0.1, 0.15) is 31.4 Å². The van der Waals surface area contributed by atoms with Crippen LogP contribution in [-0.4, -0.2) is 23.3 Å². The molecule has 0 aliphatic carbocycles. The summed E-state index contributed by atoms with van der Waals surface area (Å²) in [5.74, 6) is 1.77. The van der Waals surface area contributed by atoms with E-state index in [1.807, 2.05) is 42.3 Å². The molecule has 0 spiro atoms. The van der Waals surface area contributed by atoms with E-state index in [0.29, 0.717) is 0 Å². The summed E-state index contributed by atoms with van der Waals surface area (Å²) >= 11 is 1.88. The number of hydrogen-bond donors (Lipinski definition) is 0. The van der Waals surface area contributed by atoms with E-state index in [1.54, 1.807) is 14.2 Å². The van der Waals surface area contributed by atoms with E-state index in [9.17, 15) is 0 Å². The molecule has 0 unspecified atom stereocenters. The Hall–Kier alpha value is -1.91. The predicted molar refractivity (Wildman–Crippen MR) is 112 cm³/mol. The molecule has 0 fully saturated rings. The van der Waals surface area contributed by atoms with Crippen LogP contribution in [0.2, 0.25) is 0 Å². The second kappa shape index (κ2) is 9.70. The SMILES string of the molecule is C=CCC(C)(C)SN(Cc1ccc(OC)cc1)Cc1ccc(OC)cc1. The van der Waals surface area contributed by atoms with Crippen molar-refractivity contribution in [2.45, 2.75) is 38.1 Å². The molecule has 0 aliphatic rings. The van der Waals surface area contributed by atoms with Gasteiger partial charge in [-0.05, 0) is 55.7 Å². The van der Waals surface area contributed by atoms with Gasteiger partial charge in [0.05, 0.1) is 14.2 Å². The van der Waals surface area contributed by atoms with Crippen molar-refractivity contribution in [3.8, 4) is 11.5 Å². The summed E-state index contributed by atoms with van der Waals surface area (Å²) in [5.41, 5.74) is 2.53. The highest BCUT2D eigenvalue weighted by Crippen LogP contribution is 2.34. The molecule has 0 aliphatic heterocycles. The highest BCUT2D eigenvalue weighted by molar-refractivity contribution is 7.98. The first kappa shape index (κ1) is 20.4. The molecule has 0 aromatic heterocycles. The Kier molecular flexibility index (Phi) is 7.61. The van der Waals surface area contributed by atoms with Crippen molar-refractivity contribution in [1.29, 1.82) is 0 Å². The maximum Gasteiger partial charge on any atom is 0.118 e. The smallest absolute Gasteiger partial charge is 0.118 e. The lowest BCUT2D eigenvalue weighted by atomic mass is 10.1. The quantitative estimate of drug-likeness (QED) is 0.394. The van der Waals surface area contributed by atoms with Crippen molar-refractivity contribution in [3.63, 3.8) is 0 Å².